The molecule has 2 aromatic carbocycles. The van der Waals surface area contributed by atoms with Gasteiger partial charge in [0.15, 0.2) is 17.4 Å². The van der Waals surface area contributed by atoms with Gasteiger partial charge in [0.2, 0.25) is 0 Å². The lowest BCUT2D eigenvalue weighted by Crippen LogP contribution is -2.16. The molecule has 0 bridgehead atoms. The van der Waals surface area contributed by atoms with Crippen LogP contribution in [0, 0.1) is 18.7 Å². The maximum Gasteiger partial charge on any atom is 0.175 e. The number of aryl methyl sites for hydroxylation is 1. The van der Waals surface area contributed by atoms with Crippen LogP contribution in [0.5, 0.6) is 5.75 Å². The molecule has 0 spiro atoms. The quantitative estimate of drug-likeness (QED) is 0.346. The molecule has 5 rings (SSSR count). The number of hydrogen-bond donors (Lipinski definition) is 3. The number of hydrogen-bond acceptors (Lipinski definition) is 4. The molecule has 3 N–H and O–H groups in total. The monoisotopic (exact) mass is 441 g/mol. The maximum atomic E-state index is 15.1. The van der Waals surface area contributed by atoms with E-state index in [2.05, 4.69) is 25.5 Å². The van der Waals surface area contributed by atoms with Crippen molar-refractivity contribution in [2.45, 2.75) is 20.3 Å². The van der Waals surface area contributed by atoms with Crippen LogP contribution in [0.2, 0.25) is 0 Å². The van der Waals surface area contributed by atoms with E-state index in [4.69, 9.17) is 4.74 Å². The molecule has 0 amide bonds. The zero-order chi connectivity index (χ0) is 22.8. The minimum Gasteiger partial charge on any atom is -0.458 e. The summed E-state index contributed by atoms with van der Waals surface area (Å²) in [7, 11) is 0. The minimum absolute atomic E-state index is 0.0377. The normalized spacial score (nSPS) is 20.3. The Morgan fingerprint density at radius 2 is 1.97 bits per heavy atom. The first-order valence-corrected chi connectivity index (χ1v) is 10.8. The van der Waals surface area contributed by atoms with E-state index in [1.807, 2.05) is 62.4 Å². The number of fused-ring (bicyclic) bond motifs is 1. The molecule has 0 saturated carbocycles. The van der Waals surface area contributed by atoms with E-state index >= 15 is 4.39 Å². The summed E-state index contributed by atoms with van der Waals surface area (Å²) in [6, 6.07) is 17.1. The zero-order valence-corrected chi connectivity index (χ0v) is 18.4. The van der Waals surface area contributed by atoms with Gasteiger partial charge in [-0.15, -0.1) is 0 Å². The average molecular weight is 442 g/mol. The number of amidine groups is 1. The van der Waals surface area contributed by atoms with Gasteiger partial charge in [0.25, 0.3) is 0 Å². The Hall–Kier alpha value is -4.13. The van der Waals surface area contributed by atoms with Crippen LogP contribution in [0.3, 0.4) is 0 Å². The fraction of sp³-hybridized carbons (Fsp3) is 0.154. The van der Waals surface area contributed by atoms with Crippen molar-refractivity contribution in [3.05, 3.63) is 90.2 Å². The van der Waals surface area contributed by atoms with Gasteiger partial charge >= 0.3 is 0 Å². The number of aliphatic imine (C=N–C) groups is 1. The molecule has 2 aromatic heterocycles. The van der Waals surface area contributed by atoms with Crippen molar-refractivity contribution in [2.24, 2.45) is 10.9 Å². The summed E-state index contributed by atoms with van der Waals surface area (Å²) < 4.78 is 21.2. The molecule has 0 fully saturated rings. The first kappa shape index (κ1) is 20.8. The third-order valence-electron chi connectivity index (χ3n) is 5.56. The molecule has 1 atom stereocenters. The lowest BCUT2D eigenvalue weighted by Gasteiger charge is -2.18. The topological polar surface area (TPSA) is 78.1 Å². The number of rotatable bonds is 4. The largest absolute Gasteiger partial charge is 0.458 e. The highest BCUT2D eigenvalue weighted by Crippen LogP contribution is 2.30. The Bertz CT molecular complexity index is 1380. The van der Waals surface area contributed by atoms with Crippen molar-refractivity contribution in [3.63, 3.8) is 0 Å². The fourth-order valence-electron chi connectivity index (χ4n) is 3.80. The summed E-state index contributed by atoms with van der Waals surface area (Å²) in [4.78, 5) is 7.63. The number of allylic oxidation sites excluding steroid dienone is 2. The Kier molecular flexibility index (Phi) is 5.52. The molecule has 0 radical (unpaired) electrons. The Morgan fingerprint density at radius 1 is 1.12 bits per heavy atom. The summed E-state index contributed by atoms with van der Waals surface area (Å²) >= 11 is 0. The molecule has 1 unspecified atom stereocenters. The van der Waals surface area contributed by atoms with E-state index in [1.165, 1.54) is 0 Å². The van der Waals surface area contributed by atoms with Gasteiger partial charge in [-0.25, -0.2) is 9.38 Å². The van der Waals surface area contributed by atoms with E-state index in [9.17, 15) is 0 Å². The number of nitrogens with one attached hydrogen (secondary N) is 3. The molecule has 1 aliphatic rings. The van der Waals surface area contributed by atoms with Gasteiger partial charge in [0.05, 0.1) is 5.69 Å². The highest BCUT2D eigenvalue weighted by molar-refractivity contribution is 6.04. The van der Waals surface area contributed by atoms with Gasteiger partial charge in [-0.1, -0.05) is 43.3 Å². The van der Waals surface area contributed by atoms with Gasteiger partial charge in [0, 0.05) is 40.9 Å². The van der Waals surface area contributed by atoms with E-state index in [0.717, 1.165) is 28.9 Å². The van der Waals surface area contributed by atoms with Gasteiger partial charge < -0.3 is 15.0 Å². The second-order valence-corrected chi connectivity index (χ2v) is 8.13. The molecular formula is C26H24FN5O. The highest BCUT2D eigenvalue weighted by Gasteiger charge is 2.18. The van der Waals surface area contributed by atoms with Crippen LogP contribution < -0.4 is 10.1 Å². The van der Waals surface area contributed by atoms with Gasteiger partial charge in [0.1, 0.15) is 11.6 Å². The number of benzene rings is 2. The van der Waals surface area contributed by atoms with Crippen molar-refractivity contribution >= 4 is 22.6 Å². The van der Waals surface area contributed by atoms with Crippen LogP contribution in [0.25, 0.3) is 22.2 Å². The summed E-state index contributed by atoms with van der Waals surface area (Å²) in [6.45, 7) is 3.94. The van der Waals surface area contributed by atoms with Crippen LogP contribution in [0.4, 0.5) is 10.2 Å². The molecular weight excluding hydrogens is 417 g/mol. The van der Waals surface area contributed by atoms with Gasteiger partial charge in [-0.05, 0) is 37.1 Å². The molecule has 6 nitrogen and oxygen atoms in total. The third kappa shape index (κ3) is 4.43. The lowest BCUT2D eigenvalue weighted by molar-refractivity contribution is 0.343. The molecule has 0 aliphatic carbocycles. The summed E-state index contributed by atoms with van der Waals surface area (Å²) in [5.41, 5.74) is 3.58. The molecule has 7 heteroatoms. The smallest absolute Gasteiger partial charge is 0.175 e. The Balaban J connectivity index is 1.42. The number of aromatic nitrogens is 3. The average Bonchev–Trinajstić information content (AvgIpc) is 3.43. The van der Waals surface area contributed by atoms with Crippen molar-refractivity contribution in [1.82, 2.24) is 15.2 Å². The van der Waals surface area contributed by atoms with Gasteiger partial charge in [-0.3, -0.25) is 5.10 Å². The molecule has 33 heavy (non-hydrogen) atoms. The highest BCUT2D eigenvalue weighted by atomic mass is 19.1. The maximum absolute atomic E-state index is 15.1. The van der Waals surface area contributed by atoms with Crippen LogP contribution in [-0.2, 0) is 0 Å². The van der Waals surface area contributed by atoms with Crippen molar-refractivity contribution in [3.8, 4) is 17.0 Å². The fourth-order valence-corrected chi connectivity index (χ4v) is 3.80. The lowest BCUT2D eigenvalue weighted by atomic mass is 10.0. The SMILES string of the molecule is Cc1cc2c(F)c(O/C3=C/C(Nc4cc(-c5ccccc5)[nH]n4)=N/C=C/CC3C)ccc2[nH]1. The van der Waals surface area contributed by atoms with Crippen LogP contribution in [-0.4, -0.2) is 21.0 Å². The number of nitrogens with zero attached hydrogens (tertiary/aromatic N) is 2. The Morgan fingerprint density at radius 3 is 2.82 bits per heavy atom. The van der Waals surface area contributed by atoms with Crippen molar-refractivity contribution < 1.29 is 9.13 Å². The number of ether oxygens (including phenoxy) is 1. The predicted octanol–water partition coefficient (Wildman–Crippen LogP) is 6.33. The van der Waals surface area contributed by atoms with E-state index in [1.54, 1.807) is 24.4 Å². The number of H-pyrrole nitrogens is 2. The second-order valence-electron chi connectivity index (χ2n) is 8.13. The van der Waals surface area contributed by atoms with E-state index < -0.39 is 0 Å². The summed E-state index contributed by atoms with van der Waals surface area (Å²) in [5.74, 6) is 1.65. The zero-order valence-electron chi connectivity index (χ0n) is 18.4. The molecule has 4 aromatic rings. The molecule has 166 valence electrons. The van der Waals surface area contributed by atoms with E-state index in [-0.39, 0.29) is 17.5 Å². The third-order valence-corrected chi connectivity index (χ3v) is 5.56. The van der Waals surface area contributed by atoms with Crippen LogP contribution in [0.1, 0.15) is 19.0 Å². The first-order chi connectivity index (χ1) is 16.1. The summed E-state index contributed by atoms with van der Waals surface area (Å²) in [6.07, 6.45) is 6.26. The molecule has 0 saturated heterocycles. The van der Waals surface area contributed by atoms with Crippen LogP contribution in [0.15, 0.2) is 83.7 Å². The van der Waals surface area contributed by atoms with Crippen LogP contribution >= 0.6 is 0 Å². The second kappa shape index (κ2) is 8.78. The Labute approximate surface area is 190 Å². The molecule has 3 heterocycles. The number of halogens is 1. The molecule has 1 aliphatic heterocycles. The van der Waals surface area contributed by atoms with Crippen molar-refractivity contribution in [2.75, 3.05) is 5.32 Å². The number of aromatic amines is 2. The van der Waals surface area contributed by atoms with Crippen molar-refractivity contribution in [1.29, 1.82) is 0 Å². The van der Waals surface area contributed by atoms with E-state index in [0.29, 0.717) is 22.8 Å². The first-order valence-electron chi connectivity index (χ1n) is 10.8. The standard InChI is InChI=1S/C26H24FN5O/c1-16-7-6-12-28-24(30-25-14-21(31-32-25)18-8-4-3-5-9-18)15-23(16)33-22-11-10-20-19(26(22)27)13-17(2)29-20/h3-6,8-16,29H,7H2,1-2H3,(H2,28,30,31,32)/b12-6+,23-15+. The summed E-state index contributed by atoms with van der Waals surface area (Å²) in [5, 5.41) is 11.1. The minimum atomic E-state index is -0.381. The van der Waals surface area contributed by atoms with Gasteiger partial charge in [-0.2, -0.15) is 5.10 Å². The predicted molar refractivity (Wildman–Crippen MR) is 130 cm³/mol. The number of anilines is 1.